The largest absolute Gasteiger partial charge is 0.467 e. The second kappa shape index (κ2) is 6.18. The number of likely N-dealkylation sites (tertiary alicyclic amines) is 1. The molecule has 0 aromatic carbocycles. The van der Waals surface area contributed by atoms with Gasteiger partial charge in [-0.2, -0.15) is 0 Å². The highest BCUT2D eigenvalue weighted by Crippen LogP contribution is 2.22. The molecule has 3 N–H and O–H groups in total. The Kier molecular flexibility index (Phi) is 4.57. The summed E-state index contributed by atoms with van der Waals surface area (Å²) in [7, 11) is 1.74. The minimum atomic E-state index is -0.322. The van der Waals surface area contributed by atoms with Crippen LogP contribution in [0.5, 0.6) is 0 Å². The fraction of sp³-hybridized carbons (Fsp3) is 0.615. The molecule has 0 saturated carbocycles. The number of nitrogens with two attached hydrogens (primary N) is 1. The van der Waals surface area contributed by atoms with Crippen molar-refractivity contribution in [2.45, 2.75) is 26.0 Å². The highest BCUT2D eigenvalue weighted by atomic mass is 16.5. The number of furan rings is 1. The number of carbonyl (C=O) groups is 1. The molecule has 0 bridgehead atoms. The first-order chi connectivity index (χ1) is 9.15. The Balaban J connectivity index is 2.02. The number of hydrogen-bond acceptors (Lipinski definition) is 5. The van der Waals surface area contributed by atoms with Gasteiger partial charge in [0.2, 0.25) is 0 Å². The zero-order valence-corrected chi connectivity index (χ0v) is 11.4. The van der Waals surface area contributed by atoms with Gasteiger partial charge in [0.05, 0.1) is 24.5 Å². The van der Waals surface area contributed by atoms with Gasteiger partial charge < -0.3 is 9.15 Å². The maximum Gasteiger partial charge on any atom is 0.268 e. The van der Waals surface area contributed by atoms with Crippen molar-refractivity contribution >= 4 is 5.91 Å². The molecule has 1 fully saturated rings. The fourth-order valence-corrected chi connectivity index (χ4v) is 2.49. The number of rotatable bonds is 4. The molecule has 1 saturated heterocycles. The van der Waals surface area contributed by atoms with Gasteiger partial charge in [0.1, 0.15) is 5.76 Å². The SMILES string of the molecule is COC1CN(Cc2occc2C(=O)NN)CCC1C. The van der Waals surface area contributed by atoms with Crippen molar-refractivity contribution in [2.75, 3.05) is 20.2 Å². The second-order valence-corrected chi connectivity index (χ2v) is 5.01. The van der Waals surface area contributed by atoms with Gasteiger partial charge in [-0.15, -0.1) is 0 Å². The van der Waals surface area contributed by atoms with Gasteiger partial charge in [0.25, 0.3) is 5.91 Å². The number of amides is 1. The first kappa shape index (κ1) is 14.0. The molecule has 1 aromatic rings. The molecule has 1 aliphatic rings. The van der Waals surface area contributed by atoms with E-state index >= 15 is 0 Å². The molecule has 0 spiro atoms. The summed E-state index contributed by atoms with van der Waals surface area (Å²) in [4.78, 5) is 13.8. The van der Waals surface area contributed by atoms with Crippen LogP contribution in [0.25, 0.3) is 0 Å². The smallest absolute Gasteiger partial charge is 0.268 e. The molecular formula is C13H21N3O3. The van der Waals surface area contributed by atoms with Crippen LogP contribution in [0.4, 0.5) is 0 Å². The van der Waals surface area contributed by atoms with Crippen molar-refractivity contribution in [2.24, 2.45) is 11.8 Å². The third-order valence-corrected chi connectivity index (χ3v) is 3.76. The molecule has 6 heteroatoms. The number of piperidine rings is 1. The van der Waals surface area contributed by atoms with Gasteiger partial charge in [-0.1, -0.05) is 6.92 Å². The minimum absolute atomic E-state index is 0.232. The number of hydrogen-bond donors (Lipinski definition) is 2. The lowest BCUT2D eigenvalue weighted by molar-refractivity contribution is -0.00923. The van der Waals surface area contributed by atoms with Crippen LogP contribution >= 0.6 is 0 Å². The summed E-state index contributed by atoms with van der Waals surface area (Å²) in [6.07, 6.45) is 2.83. The van der Waals surface area contributed by atoms with Crippen LogP contribution in [0.15, 0.2) is 16.7 Å². The lowest BCUT2D eigenvalue weighted by Gasteiger charge is -2.35. The Morgan fingerprint density at radius 2 is 2.47 bits per heavy atom. The lowest BCUT2D eigenvalue weighted by Crippen LogP contribution is -2.43. The van der Waals surface area contributed by atoms with Crippen LogP contribution in [-0.4, -0.2) is 37.1 Å². The number of carbonyl (C=O) groups excluding carboxylic acids is 1. The Labute approximate surface area is 112 Å². The Hall–Kier alpha value is -1.37. The van der Waals surface area contributed by atoms with E-state index in [1.807, 2.05) is 0 Å². The number of nitrogens with one attached hydrogen (secondary N) is 1. The molecule has 1 aliphatic heterocycles. The third kappa shape index (κ3) is 3.15. The molecule has 6 nitrogen and oxygen atoms in total. The quantitative estimate of drug-likeness (QED) is 0.478. The minimum Gasteiger partial charge on any atom is -0.467 e. The number of ether oxygens (including phenoxy) is 1. The normalized spacial score (nSPS) is 24.4. The van der Waals surface area contributed by atoms with Gasteiger partial charge in [-0.05, 0) is 24.9 Å². The van der Waals surface area contributed by atoms with Crippen molar-refractivity contribution in [3.63, 3.8) is 0 Å². The van der Waals surface area contributed by atoms with E-state index in [1.54, 1.807) is 13.2 Å². The molecule has 2 rings (SSSR count). The van der Waals surface area contributed by atoms with Gasteiger partial charge in [0, 0.05) is 13.7 Å². The van der Waals surface area contributed by atoms with E-state index in [0.717, 1.165) is 19.5 Å². The van der Waals surface area contributed by atoms with Crippen LogP contribution in [0.2, 0.25) is 0 Å². The Morgan fingerprint density at radius 3 is 3.16 bits per heavy atom. The van der Waals surface area contributed by atoms with Crippen molar-refractivity contribution in [3.05, 3.63) is 23.7 Å². The summed E-state index contributed by atoms with van der Waals surface area (Å²) in [6.45, 7) is 4.63. The van der Waals surface area contributed by atoms with E-state index in [1.165, 1.54) is 6.26 Å². The summed E-state index contributed by atoms with van der Waals surface area (Å²) in [5.74, 6) is 6.04. The summed E-state index contributed by atoms with van der Waals surface area (Å²) in [5.41, 5.74) is 2.63. The summed E-state index contributed by atoms with van der Waals surface area (Å²) in [6, 6.07) is 1.64. The molecular weight excluding hydrogens is 246 g/mol. The first-order valence-electron chi connectivity index (χ1n) is 6.48. The van der Waals surface area contributed by atoms with E-state index in [4.69, 9.17) is 15.0 Å². The molecule has 2 unspecified atom stereocenters. The first-order valence-corrected chi connectivity index (χ1v) is 6.48. The zero-order chi connectivity index (χ0) is 13.8. The van der Waals surface area contributed by atoms with Gasteiger partial charge in [-0.3, -0.25) is 15.1 Å². The molecule has 0 aliphatic carbocycles. The summed E-state index contributed by atoms with van der Waals surface area (Å²) in [5, 5.41) is 0. The summed E-state index contributed by atoms with van der Waals surface area (Å²) >= 11 is 0. The number of nitrogen functional groups attached to an aromatic ring is 1. The molecule has 1 aromatic heterocycles. The van der Waals surface area contributed by atoms with Crippen molar-refractivity contribution in [1.29, 1.82) is 0 Å². The highest BCUT2D eigenvalue weighted by Gasteiger charge is 2.27. The molecule has 19 heavy (non-hydrogen) atoms. The molecule has 106 valence electrons. The Morgan fingerprint density at radius 1 is 1.68 bits per heavy atom. The zero-order valence-electron chi connectivity index (χ0n) is 11.4. The van der Waals surface area contributed by atoms with Crippen LogP contribution in [0.3, 0.4) is 0 Å². The topological polar surface area (TPSA) is 80.7 Å². The van der Waals surface area contributed by atoms with E-state index < -0.39 is 0 Å². The van der Waals surface area contributed by atoms with Crippen LogP contribution in [0.1, 0.15) is 29.5 Å². The second-order valence-electron chi connectivity index (χ2n) is 5.01. The predicted octanol–water partition coefficient (Wildman–Crippen LogP) is 0.740. The number of nitrogens with zero attached hydrogens (tertiary/aromatic N) is 1. The van der Waals surface area contributed by atoms with E-state index in [0.29, 0.717) is 23.8 Å². The van der Waals surface area contributed by atoms with E-state index in [9.17, 15) is 4.79 Å². The molecule has 2 heterocycles. The van der Waals surface area contributed by atoms with Gasteiger partial charge in [0.15, 0.2) is 0 Å². The van der Waals surface area contributed by atoms with Crippen molar-refractivity contribution in [1.82, 2.24) is 10.3 Å². The standard InChI is InChI=1S/C13H21N3O3/c1-9-3-5-16(7-11(9)18-2)8-12-10(4-6-19-12)13(17)15-14/h4,6,9,11H,3,5,7-8,14H2,1-2H3,(H,15,17). The van der Waals surface area contributed by atoms with Crippen LogP contribution < -0.4 is 11.3 Å². The Bertz CT molecular complexity index is 433. The maximum atomic E-state index is 11.6. The maximum absolute atomic E-state index is 11.6. The van der Waals surface area contributed by atoms with E-state index in [2.05, 4.69) is 17.2 Å². The summed E-state index contributed by atoms with van der Waals surface area (Å²) < 4.78 is 10.9. The highest BCUT2D eigenvalue weighted by molar-refractivity contribution is 5.94. The monoisotopic (exact) mass is 267 g/mol. The molecule has 0 radical (unpaired) electrons. The van der Waals surface area contributed by atoms with E-state index in [-0.39, 0.29) is 12.0 Å². The van der Waals surface area contributed by atoms with Crippen molar-refractivity contribution < 1.29 is 13.9 Å². The predicted molar refractivity (Wildman–Crippen MR) is 70.2 cm³/mol. The molecule has 1 amide bonds. The average molecular weight is 267 g/mol. The van der Waals surface area contributed by atoms with Crippen LogP contribution in [-0.2, 0) is 11.3 Å². The third-order valence-electron chi connectivity index (χ3n) is 3.76. The number of methoxy groups -OCH3 is 1. The number of hydrazine groups is 1. The van der Waals surface area contributed by atoms with Gasteiger partial charge >= 0.3 is 0 Å². The van der Waals surface area contributed by atoms with Crippen molar-refractivity contribution in [3.8, 4) is 0 Å². The lowest BCUT2D eigenvalue weighted by atomic mass is 9.95. The van der Waals surface area contributed by atoms with Crippen LogP contribution in [0, 0.1) is 5.92 Å². The fourth-order valence-electron chi connectivity index (χ4n) is 2.49. The average Bonchev–Trinajstić information content (AvgIpc) is 2.88. The van der Waals surface area contributed by atoms with Gasteiger partial charge in [-0.25, -0.2) is 5.84 Å². The molecule has 2 atom stereocenters.